The standard InChI is InChI=1S/C19H20O/c1-19(2)12-14(11-17(20)13-19)10-16-8-5-7-15-6-3-4-9-18(15)16/h3-9,11H,10,12-13H2,1-2H3. The normalized spacial score (nSPS) is 18.1. The highest BCUT2D eigenvalue weighted by Gasteiger charge is 2.27. The zero-order valence-corrected chi connectivity index (χ0v) is 12.1. The number of hydrogen-bond donors (Lipinski definition) is 0. The van der Waals surface area contributed by atoms with E-state index in [0.717, 1.165) is 12.8 Å². The van der Waals surface area contributed by atoms with Crippen molar-refractivity contribution in [2.45, 2.75) is 33.1 Å². The monoisotopic (exact) mass is 264 g/mol. The number of hydrogen-bond acceptors (Lipinski definition) is 1. The zero-order chi connectivity index (χ0) is 14.2. The molecule has 0 fully saturated rings. The van der Waals surface area contributed by atoms with Crippen molar-refractivity contribution in [3.05, 3.63) is 59.7 Å². The van der Waals surface area contributed by atoms with E-state index in [4.69, 9.17) is 0 Å². The number of rotatable bonds is 2. The highest BCUT2D eigenvalue weighted by Crippen LogP contribution is 2.35. The van der Waals surface area contributed by atoms with Gasteiger partial charge in [-0.05, 0) is 40.7 Å². The van der Waals surface area contributed by atoms with Gasteiger partial charge in [0.1, 0.15) is 0 Å². The van der Waals surface area contributed by atoms with Gasteiger partial charge in [-0.25, -0.2) is 0 Å². The molecule has 0 saturated carbocycles. The fourth-order valence-corrected chi connectivity index (χ4v) is 3.28. The molecule has 0 N–H and O–H groups in total. The van der Waals surface area contributed by atoms with E-state index in [1.807, 2.05) is 6.08 Å². The molecule has 3 rings (SSSR count). The summed E-state index contributed by atoms with van der Waals surface area (Å²) < 4.78 is 0. The molecule has 0 amide bonds. The van der Waals surface area contributed by atoms with Crippen LogP contribution >= 0.6 is 0 Å². The van der Waals surface area contributed by atoms with Crippen LogP contribution in [0.1, 0.15) is 32.3 Å². The van der Waals surface area contributed by atoms with Crippen LogP contribution in [0.3, 0.4) is 0 Å². The van der Waals surface area contributed by atoms with E-state index in [1.165, 1.54) is 21.9 Å². The van der Waals surface area contributed by atoms with Crippen LogP contribution in [-0.2, 0) is 11.2 Å². The molecule has 0 saturated heterocycles. The van der Waals surface area contributed by atoms with Gasteiger partial charge in [-0.2, -0.15) is 0 Å². The highest BCUT2D eigenvalue weighted by molar-refractivity contribution is 5.92. The Morgan fingerprint density at radius 1 is 1.00 bits per heavy atom. The van der Waals surface area contributed by atoms with Crippen molar-refractivity contribution in [3.63, 3.8) is 0 Å². The lowest BCUT2D eigenvalue weighted by Gasteiger charge is -2.29. The molecule has 1 nitrogen and oxygen atoms in total. The van der Waals surface area contributed by atoms with Crippen LogP contribution in [0.25, 0.3) is 10.8 Å². The lowest BCUT2D eigenvalue weighted by molar-refractivity contribution is -0.117. The first kappa shape index (κ1) is 13.1. The van der Waals surface area contributed by atoms with E-state index >= 15 is 0 Å². The van der Waals surface area contributed by atoms with Crippen LogP contribution in [0.4, 0.5) is 0 Å². The van der Waals surface area contributed by atoms with Gasteiger partial charge in [-0.15, -0.1) is 0 Å². The van der Waals surface area contributed by atoms with Crippen molar-refractivity contribution in [2.75, 3.05) is 0 Å². The zero-order valence-electron chi connectivity index (χ0n) is 12.1. The Labute approximate surface area is 120 Å². The van der Waals surface area contributed by atoms with Crippen molar-refractivity contribution in [1.82, 2.24) is 0 Å². The van der Waals surface area contributed by atoms with Crippen LogP contribution in [0, 0.1) is 5.41 Å². The summed E-state index contributed by atoms with van der Waals surface area (Å²) in [5.74, 6) is 0.275. The average molecular weight is 264 g/mol. The fraction of sp³-hybridized carbons (Fsp3) is 0.316. The Hall–Kier alpha value is -1.89. The Bertz CT molecular complexity index is 686. The van der Waals surface area contributed by atoms with Gasteiger partial charge in [-0.3, -0.25) is 4.79 Å². The Kier molecular flexibility index (Phi) is 3.21. The maximum Gasteiger partial charge on any atom is 0.156 e. The molecule has 0 aliphatic heterocycles. The summed E-state index contributed by atoms with van der Waals surface area (Å²) in [6, 6.07) is 14.9. The van der Waals surface area contributed by atoms with Crippen LogP contribution in [0.5, 0.6) is 0 Å². The summed E-state index contributed by atoms with van der Waals surface area (Å²) in [6.07, 6.45) is 4.44. The second-order valence-electron chi connectivity index (χ2n) is 6.60. The molecule has 1 aliphatic carbocycles. The minimum atomic E-state index is 0.103. The van der Waals surface area contributed by atoms with Crippen molar-refractivity contribution < 1.29 is 4.79 Å². The Morgan fingerprint density at radius 3 is 2.55 bits per heavy atom. The molecule has 0 unspecified atom stereocenters. The lowest BCUT2D eigenvalue weighted by atomic mass is 9.75. The minimum absolute atomic E-state index is 0.103. The fourth-order valence-electron chi connectivity index (χ4n) is 3.28. The number of ketones is 1. The lowest BCUT2D eigenvalue weighted by Crippen LogP contribution is -2.22. The second-order valence-corrected chi connectivity index (χ2v) is 6.60. The molecule has 0 aromatic heterocycles. The minimum Gasteiger partial charge on any atom is -0.295 e. The second kappa shape index (κ2) is 4.90. The number of carbonyl (C=O) groups excluding carboxylic acids is 1. The maximum absolute atomic E-state index is 11.9. The van der Waals surface area contributed by atoms with Crippen molar-refractivity contribution >= 4 is 16.6 Å². The summed E-state index contributed by atoms with van der Waals surface area (Å²) >= 11 is 0. The van der Waals surface area contributed by atoms with E-state index in [1.54, 1.807) is 0 Å². The summed E-state index contributed by atoms with van der Waals surface area (Å²) in [7, 11) is 0. The molecule has 1 heteroatoms. The third-order valence-corrected chi connectivity index (χ3v) is 4.02. The summed E-state index contributed by atoms with van der Waals surface area (Å²) in [6.45, 7) is 4.36. The van der Waals surface area contributed by atoms with Crippen LogP contribution in [0.15, 0.2) is 54.1 Å². The van der Waals surface area contributed by atoms with Crippen LogP contribution < -0.4 is 0 Å². The van der Waals surface area contributed by atoms with Crippen molar-refractivity contribution in [2.24, 2.45) is 5.41 Å². The molecule has 0 heterocycles. The maximum atomic E-state index is 11.9. The van der Waals surface area contributed by atoms with Gasteiger partial charge < -0.3 is 0 Å². The molecular weight excluding hydrogens is 244 g/mol. The molecule has 0 bridgehead atoms. The van der Waals surface area contributed by atoms with E-state index in [2.05, 4.69) is 56.3 Å². The van der Waals surface area contributed by atoms with Gasteiger partial charge in [0.05, 0.1) is 0 Å². The first-order valence-electron chi connectivity index (χ1n) is 7.22. The van der Waals surface area contributed by atoms with Crippen LogP contribution in [0.2, 0.25) is 0 Å². The first-order valence-corrected chi connectivity index (χ1v) is 7.22. The number of carbonyl (C=O) groups is 1. The number of allylic oxidation sites excluding steroid dienone is 2. The molecule has 2 aromatic carbocycles. The van der Waals surface area contributed by atoms with Crippen LogP contribution in [-0.4, -0.2) is 5.78 Å². The quantitative estimate of drug-likeness (QED) is 0.768. The molecule has 102 valence electrons. The SMILES string of the molecule is CC1(C)CC(=O)C=C(Cc2cccc3ccccc23)C1. The van der Waals surface area contributed by atoms with Gasteiger partial charge in [0.25, 0.3) is 0 Å². The predicted molar refractivity (Wildman–Crippen MR) is 83.8 cm³/mol. The van der Waals surface area contributed by atoms with E-state index in [-0.39, 0.29) is 11.2 Å². The highest BCUT2D eigenvalue weighted by atomic mass is 16.1. The third-order valence-electron chi connectivity index (χ3n) is 4.02. The summed E-state index contributed by atoms with van der Waals surface area (Å²) in [4.78, 5) is 11.9. The summed E-state index contributed by atoms with van der Waals surface area (Å²) in [5.41, 5.74) is 2.69. The van der Waals surface area contributed by atoms with Crippen molar-refractivity contribution in [3.8, 4) is 0 Å². The molecule has 20 heavy (non-hydrogen) atoms. The van der Waals surface area contributed by atoms with Gasteiger partial charge >= 0.3 is 0 Å². The summed E-state index contributed by atoms with van der Waals surface area (Å²) in [5, 5.41) is 2.57. The molecule has 0 radical (unpaired) electrons. The smallest absolute Gasteiger partial charge is 0.156 e. The first-order chi connectivity index (χ1) is 9.53. The van der Waals surface area contributed by atoms with E-state index < -0.39 is 0 Å². The predicted octanol–water partition coefficient (Wildman–Crippen LogP) is 4.70. The van der Waals surface area contributed by atoms with Gasteiger partial charge in [0, 0.05) is 6.42 Å². The van der Waals surface area contributed by atoms with E-state index in [9.17, 15) is 4.79 Å². The van der Waals surface area contributed by atoms with Gasteiger partial charge in [0.2, 0.25) is 0 Å². The molecule has 1 aliphatic rings. The molecule has 0 spiro atoms. The third kappa shape index (κ3) is 2.67. The number of benzene rings is 2. The Balaban J connectivity index is 1.96. The molecular formula is C19H20O. The topological polar surface area (TPSA) is 17.1 Å². The largest absolute Gasteiger partial charge is 0.295 e. The number of fused-ring (bicyclic) bond motifs is 1. The molecule has 2 aromatic rings. The Morgan fingerprint density at radius 2 is 1.75 bits per heavy atom. The van der Waals surface area contributed by atoms with Gasteiger partial charge in [0.15, 0.2) is 5.78 Å². The van der Waals surface area contributed by atoms with E-state index in [0.29, 0.717) is 6.42 Å². The molecule has 0 atom stereocenters. The van der Waals surface area contributed by atoms with Gasteiger partial charge in [-0.1, -0.05) is 61.9 Å². The average Bonchev–Trinajstić information content (AvgIpc) is 2.37. The van der Waals surface area contributed by atoms with Crippen molar-refractivity contribution in [1.29, 1.82) is 0 Å².